The van der Waals surface area contributed by atoms with Crippen molar-refractivity contribution in [3.63, 3.8) is 0 Å². The number of carbonyl (C=O) groups excluding carboxylic acids is 2. The Hall–Kier alpha value is -3.92. The van der Waals surface area contributed by atoms with Crippen LogP contribution in [0.3, 0.4) is 0 Å². The molecule has 168 valence electrons. The average molecular weight is 466 g/mol. The molecule has 2 aromatic heterocycles. The van der Waals surface area contributed by atoms with Crippen LogP contribution in [0.1, 0.15) is 17.3 Å². The molecule has 0 saturated heterocycles. The molecule has 4 aromatic rings. The summed E-state index contributed by atoms with van der Waals surface area (Å²) in [5, 5.41) is 14.4. The zero-order valence-electron chi connectivity index (χ0n) is 17.6. The van der Waals surface area contributed by atoms with Gasteiger partial charge in [0.05, 0.1) is 23.3 Å². The Morgan fingerprint density at radius 3 is 2.55 bits per heavy atom. The maximum absolute atomic E-state index is 13.1. The Bertz CT molecular complexity index is 1260. The molecular formula is C23H20FN5O3S. The molecule has 0 spiro atoms. The molecular weight excluding hydrogens is 445 g/mol. The number of nitrogens with zero attached hydrogens (tertiary/aromatic N) is 3. The molecule has 2 N–H and O–H groups in total. The first-order valence-electron chi connectivity index (χ1n) is 10.1. The highest BCUT2D eigenvalue weighted by Crippen LogP contribution is 2.25. The van der Waals surface area contributed by atoms with E-state index in [1.807, 2.05) is 11.5 Å². The lowest BCUT2D eigenvalue weighted by atomic mass is 10.1. The van der Waals surface area contributed by atoms with E-state index in [1.54, 1.807) is 42.7 Å². The summed E-state index contributed by atoms with van der Waals surface area (Å²) in [6.45, 7) is 2.56. The summed E-state index contributed by atoms with van der Waals surface area (Å²) < 4.78 is 20.4. The highest BCUT2D eigenvalue weighted by molar-refractivity contribution is 7.99. The molecule has 2 aromatic carbocycles. The largest absolute Gasteiger partial charge is 0.461 e. The third kappa shape index (κ3) is 5.29. The van der Waals surface area contributed by atoms with Crippen molar-refractivity contribution in [3.8, 4) is 11.6 Å². The zero-order chi connectivity index (χ0) is 23.2. The number of hydrogen-bond donors (Lipinski definition) is 2. The van der Waals surface area contributed by atoms with E-state index in [0.29, 0.717) is 34.7 Å². The lowest BCUT2D eigenvalue weighted by Crippen LogP contribution is -2.19. The van der Waals surface area contributed by atoms with Crippen LogP contribution >= 0.6 is 11.8 Å². The zero-order valence-corrected chi connectivity index (χ0v) is 18.4. The second kappa shape index (κ2) is 10.1. The number of benzene rings is 2. The molecule has 2 amide bonds. The first kappa shape index (κ1) is 22.3. The van der Waals surface area contributed by atoms with E-state index in [1.165, 1.54) is 36.0 Å². The normalized spacial score (nSPS) is 10.7. The van der Waals surface area contributed by atoms with E-state index in [-0.39, 0.29) is 17.2 Å². The highest BCUT2D eigenvalue weighted by Gasteiger charge is 2.18. The second-order valence-electron chi connectivity index (χ2n) is 6.87. The van der Waals surface area contributed by atoms with E-state index in [2.05, 4.69) is 20.8 Å². The Morgan fingerprint density at radius 2 is 1.82 bits per heavy atom. The van der Waals surface area contributed by atoms with Gasteiger partial charge in [-0.3, -0.25) is 14.2 Å². The molecule has 0 bridgehead atoms. The minimum absolute atomic E-state index is 0.0736. The van der Waals surface area contributed by atoms with Gasteiger partial charge in [0.25, 0.3) is 5.91 Å². The van der Waals surface area contributed by atoms with Gasteiger partial charge in [0, 0.05) is 12.2 Å². The quantitative estimate of drug-likeness (QED) is 0.366. The molecule has 0 fully saturated rings. The topological polar surface area (TPSA) is 102 Å². The predicted molar refractivity (Wildman–Crippen MR) is 124 cm³/mol. The van der Waals surface area contributed by atoms with Gasteiger partial charge >= 0.3 is 0 Å². The van der Waals surface area contributed by atoms with Gasteiger partial charge in [-0.25, -0.2) is 4.39 Å². The molecule has 0 atom stereocenters. The summed E-state index contributed by atoms with van der Waals surface area (Å²) in [6.07, 6.45) is 1.56. The van der Waals surface area contributed by atoms with Crippen LogP contribution in [0.2, 0.25) is 0 Å². The fourth-order valence-electron chi connectivity index (χ4n) is 3.11. The number of halogens is 1. The predicted octanol–water partition coefficient (Wildman–Crippen LogP) is 4.68. The van der Waals surface area contributed by atoms with Crippen LogP contribution in [0.5, 0.6) is 0 Å². The number of furan rings is 1. The number of rotatable bonds is 8. The number of carbonyl (C=O) groups is 2. The van der Waals surface area contributed by atoms with Crippen molar-refractivity contribution in [1.29, 1.82) is 0 Å². The third-order valence-electron chi connectivity index (χ3n) is 4.65. The summed E-state index contributed by atoms with van der Waals surface area (Å²) in [5.74, 6) is 0.152. The van der Waals surface area contributed by atoms with E-state index >= 15 is 0 Å². The number of amides is 2. The molecule has 8 nitrogen and oxygen atoms in total. The molecule has 0 aliphatic heterocycles. The average Bonchev–Trinajstić information content (AvgIpc) is 3.49. The van der Waals surface area contributed by atoms with E-state index in [4.69, 9.17) is 4.42 Å². The van der Waals surface area contributed by atoms with Gasteiger partial charge in [-0.05, 0) is 55.5 Å². The van der Waals surface area contributed by atoms with Gasteiger partial charge in [-0.15, -0.1) is 10.2 Å². The van der Waals surface area contributed by atoms with Crippen molar-refractivity contribution < 1.29 is 18.4 Å². The molecule has 0 radical (unpaired) electrons. The summed E-state index contributed by atoms with van der Waals surface area (Å²) in [4.78, 5) is 25.3. The number of para-hydroxylation sites is 1. The summed E-state index contributed by atoms with van der Waals surface area (Å²) in [5.41, 5.74) is 1.11. The molecule has 33 heavy (non-hydrogen) atoms. The highest BCUT2D eigenvalue weighted by atomic mass is 32.2. The number of anilines is 2. The van der Waals surface area contributed by atoms with Crippen molar-refractivity contribution in [2.24, 2.45) is 0 Å². The fraction of sp³-hybridized carbons (Fsp3) is 0.130. The van der Waals surface area contributed by atoms with Crippen molar-refractivity contribution in [2.75, 3.05) is 16.4 Å². The molecule has 0 saturated carbocycles. The van der Waals surface area contributed by atoms with Crippen LogP contribution in [0.4, 0.5) is 15.8 Å². The lowest BCUT2D eigenvalue weighted by Gasteiger charge is -2.11. The van der Waals surface area contributed by atoms with Crippen LogP contribution in [0, 0.1) is 5.82 Å². The summed E-state index contributed by atoms with van der Waals surface area (Å²) in [7, 11) is 0. The van der Waals surface area contributed by atoms with E-state index in [9.17, 15) is 14.0 Å². The smallest absolute Gasteiger partial charge is 0.257 e. The second-order valence-corrected chi connectivity index (χ2v) is 7.81. The number of aromatic nitrogens is 3. The monoisotopic (exact) mass is 465 g/mol. The van der Waals surface area contributed by atoms with Crippen molar-refractivity contribution in [1.82, 2.24) is 14.8 Å². The van der Waals surface area contributed by atoms with Crippen LogP contribution in [0.25, 0.3) is 11.6 Å². The Morgan fingerprint density at radius 1 is 1.03 bits per heavy atom. The van der Waals surface area contributed by atoms with Gasteiger partial charge in [-0.2, -0.15) is 0 Å². The number of nitrogens with one attached hydrogen (secondary N) is 2. The molecule has 0 unspecified atom stereocenters. The van der Waals surface area contributed by atoms with Crippen molar-refractivity contribution in [2.45, 2.75) is 18.6 Å². The van der Waals surface area contributed by atoms with Gasteiger partial charge in [0.15, 0.2) is 16.7 Å². The van der Waals surface area contributed by atoms with Gasteiger partial charge in [-0.1, -0.05) is 23.9 Å². The minimum Gasteiger partial charge on any atom is -0.461 e. The fourth-order valence-corrected chi connectivity index (χ4v) is 3.91. The molecule has 10 heteroatoms. The third-order valence-corrected chi connectivity index (χ3v) is 5.62. The van der Waals surface area contributed by atoms with Crippen LogP contribution in [0.15, 0.2) is 76.5 Å². The SMILES string of the molecule is CCn1c(SCC(=O)Nc2ccccc2C(=O)Nc2ccc(F)cc2)nnc1-c1ccco1. The first-order chi connectivity index (χ1) is 16.0. The van der Waals surface area contributed by atoms with Gasteiger partial charge < -0.3 is 15.1 Å². The minimum atomic E-state index is -0.418. The first-order valence-corrected chi connectivity index (χ1v) is 11.1. The lowest BCUT2D eigenvalue weighted by molar-refractivity contribution is -0.113. The molecule has 2 heterocycles. The van der Waals surface area contributed by atoms with Gasteiger partial charge in [0.1, 0.15) is 5.82 Å². The molecule has 0 aliphatic rings. The van der Waals surface area contributed by atoms with Crippen LogP contribution < -0.4 is 10.6 Å². The summed E-state index contributed by atoms with van der Waals surface area (Å²) >= 11 is 1.23. The Kier molecular flexibility index (Phi) is 6.84. The number of hydrogen-bond acceptors (Lipinski definition) is 6. The Labute approximate surface area is 193 Å². The maximum Gasteiger partial charge on any atom is 0.257 e. The van der Waals surface area contributed by atoms with Gasteiger partial charge in [0.2, 0.25) is 5.91 Å². The summed E-state index contributed by atoms with van der Waals surface area (Å²) in [6, 6.07) is 15.7. The molecule has 0 aliphatic carbocycles. The van der Waals surface area contributed by atoms with E-state index in [0.717, 1.165) is 0 Å². The number of thioether (sulfide) groups is 1. The maximum atomic E-state index is 13.1. The molecule has 4 rings (SSSR count). The van der Waals surface area contributed by atoms with E-state index < -0.39 is 11.7 Å². The van der Waals surface area contributed by atoms with Crippen LogP contribution in [-0.2, 0) is 11.3 Å². The Balaban J connectivity index is 1.41. The van der Waals surface area contributed by atoms with Crippen LogP contribution in [-0.4, -0.2) is 32.3 Å². The standard InChI is InChI=1S/C23H20FN5O3S/c1-2-29-21(19-8-5-13-32-19)27-28-23(29)33-14-20(30)26-18-7-4-3-6-17(18)22(31)25-16-11-9-15(24)10-12-16/h3-13H,2,14H2,1H3,(H,25,31)(H,26,30). The van der Waals surface area contributed by atoms with Crippen molar-refractivity contribution >= 4 is 35.0 Å². The van der Waals surface area contributed by atoms with Crippen molar-refractivity contribution in [3.05, 3.63) is 78.3 Å².